The first-order chi connectivity index (χ1) is 12.2. The van der Waals surface area contributed by atoms with Crippen molar-refractivity contribution in [1.29, 1.82) is 0 Å². The van der Waals surface area contributed by atoms with Crippen LogP contribution < -0.4 is 5.32 Å². The van der Waals surface area contributed by atoms with Crippen molar-refractivity contribution >= 4 is 45.1 Å². The van der Waals surface area contributed by atoms with Gasteiger partial charge in [0, 0.05) is 34.6 Å². The van der Waals surface area contributed by atoms with Crippen LogP contribution in [-0.2, 0) is 14.8 Å². The fraction of sp³-hybridized carbons (Fsp3) is 0.400. The molecule has 1 aromatic heterocycles. The summed E-state index contributed by atoms with van der Waals surface area (Å²) in [5, 5.41) is 11.1. The maximum atomic E-state index is 12.3. The zero-order chi connectivity index (χ0) is 18.9. The van der Waals surface area contributed by atoms with Crippen LogP contribution in [0.3, 0.4) is 0 Å². The van der Waals surface area contributed by atoms with E-state index in [1.807, 2.05) is 0 Å². The SMILES string of the molecule is CS(=O)(=O)N1CCC(C(=O)Nc2nnc(-c3cc(Cl)cc(Cl)c3)o2)CC1. The Labute approximate surface area is 160 Å². The highest BCUT2D eigenvalue weighted by Crippen LogP contribution is 2.27. The molecule has 2 heterocycles. The standard InChI is InChI=1S/C15H16Cl2N4O4S/c1-26(23,24)21-4-2-9(3-5-21)13(22)18-15-20-19-14(25-15)10-6-11(16)8-12(17)7-10/h6-9H,2-5H2,1H3,(H,18,20,22). The molecule has 26 heavy (non-hydrogen) atoms. The van der Waals surface area contributed by atoms with Crippen LogP contribution in [0, 0.1) is 5.92 Å². The Kier molecular flexibility index (Phi) is 5.52. The third-order valence-corrected chi connectivity index (χ3v) is 5.80. The number of benzene rings is 1. The van der Waals surface area contributed by atoms with Crippen molar-refractivity contribution in [3.05, 3.63) is 28.2 Å². The van der Waals surface area contributed by atoms with E-state index in [1.165, 1.54) is 4.31 Å². The van der Waals surface area contributed by atoms with E-state index in [4.69, 9.17) is 27.6 Å². The van der Waals surface area contributed by atoms with Gasteiger partial charge in [0.15, 0.2) is 0 Å². The van der Waals surface area contributed by atoms with Crippen molar-refractivity contribution in [1.82, 2.24) is 14.5 Å². The third kappa shape index (κ3) is 4.53. The van der Waals surface area contributed by atoms with E-state index in [-0.39, 0.29) is 23.7 Å². The van der Waals surface area contributed by atoms with Crippen LogP contribution in [-0.4, -0.2) is 48.2 Å². The van der Waals surface area contributed by atoms with E-state index in [2.05, 4.69) is 15.5 Å². The summed E-state index contributed by atoms with van der Waals surface area (Å²) in [6, 6.07) is 4.78. The Hall–Kier alpha value is -1.68. The summed E-state index contributed by atoms with van der Waals surface area (Å²) in [4.78, 5) is 12.3. The van der Waals surface area contributed by atoms with Gasteiger partial charge in [-0.25, -0.2) is 12.7 Å². The molecule has 1 aliphatic rings. The number of amides is 1. The Morgan fingerprint density at radius 3 is 2.38 bits per heavy atom. The lowest BCUT2D eigenvalue weighted by molar-refractivity contribution is -0.121. The van der Waals surface area contributed by atoms with Crippen molar-refractivity contribution in [2.75, 3.05) is 24.7 Å². The molecule has 0 aliphatic carbocycles. The average Bonchev–Trinajstić information content (AvgIpc) is 3.02. The molecule has 1 amide bonds. The lowest BCUT2D eigenvalue weighted by atomic mass is 9.97. The van der Waals surface area contributed by atoms with Gasteiger partial charge in [-0.05, 0) is 31.0 Å². The quantitative estimate of drug-likeness (QED) is 0.817. The minimum Gasteiger partial charge on any atom is -0.403 e. The molecule has 0 unspecified atom stereocenters. The van der Waals surface area contributed by atoms with Crippen molar-refractivity contribution < 1.29 is 17.6 Å². The van der Waals surface area contributed by atoms with Crippen LogP contribution in [0.5, 0.6) is 0 Å². The number of rotatable bonds is 4. The molecule has 140 valence electrons. The molecule has 0 spiro atoms. The summed E-state index contributed by atoms with van der Waals surface area (Å²) in [5.74, 6) is -0.418. The average molecular weight is 419 g/mol. The molecule has 11 heteroatoms. The number of aromatic nitrogens is 2. The van der Waals surface area contributed by atoms with E-state index in [9.17, 15) is 13.2 Å². The minimum absolute atomic E-state index is 0.0355. The van der Waals surface area contributed by atoms with Crippen molar-refractivity contribution in [2.24, 2.45) is 5.92 Å². The second kappa shape index (κ2) is 7.51. The fourth-order valence-corrected chi connectivity index (χ4v) is 4.12. The molecule has 3 rings (SSSR count). The summed E-state index contributed by atoms with van der Waals surface area (Å²) in [7, 11) is -3.23. The van der Waals surface area contributed by atoms with Crippen LogP contribution in [0.4, 0.5) is 6.01 Å². The maximum absolute atomic E-state index is 12.3. The Bertz CT molecular complexity index is 903. The third-order valence-electron chi connectivity index (χ3n) is 4.06. The fourth-order valence-electron chi connectivity index (χ4n) is 2.72. The summed E-state index contributed by atoms with van der Waals surface area (Å²) in [5.41, 5.74) is 0.539. The van der Waals surface area contributed by atoms with Gasteiger partial charge in [-0.2, -0.15) is 0 Å². The van der Waals surface area contributed by atoms with Crippen molar-refractivity contribution in [2.45, 2.75) is 12.8 Å². The lowest BCUT2D eigenvalue weighted by Crippen LogP contribution is -2.40. The van der Waals surface area contributed by atoms with E-state index in [0.29, 0.717) is 41.5 Å². The second-order valence-corrected chi connectivity index (χ2v) is 8.85. The lowest BCUT2D eigenvalue weighted by Gasteiger charge is -2.29. The summed E-state index contributed by atoms with van der Waals surface area (Å²) in [6.45, 7) is 0.625. The first-order valence-electron chi connectivity index (χ1n) is 7.78. The number of halogens is 2. The van der Waals surface area contributed by atoms with Crippen molar-refractivity contribution in [3.63, 3.8) is 0 Å². The summed E-state index contributed by atoms with van der Waals surface area (Å²) in [6.07, 6.45) is 2.03. The Morgan fingerprint density at radius 2 is 1.81 bits per heavy atom. The predicted octanol–water partition coefficient (Wildman–Crippen LogP) is 2.65. The molecule has 1 fully saturated rings. The molecule has 1 saturated heterocycles. The molecule has 1 N–H and O–H groups in total. The number of hydrogen-bond acceptors (Lipinski definition) is 6. The number of carbonyl (C=O) groups excluding carboxylic acids is 1. The highest BCUT2D eigenvalue weighted by atomic mass is 35.5. The minimum atomic E-state index is -3.23. The first kappa shape index (κ1) is 19.1. The Balaban J connectivity index is 1.63. The number of nitrogens with one attached hydrogen (secondary N) is 1. The smallest absolute Gasteiger partial charge is 0.322 e. The Morgan fingerprint density at radius 1 is 1.19 bits per heavy atom. The van der Waals surface area contributed by atoms with Crippen LogP contribution in [0.1, 0.15) is 12.8 Å². The zero-order valence-corrected chi connectivity index (χ0v) is 16.1. The largest absolute Gasteiger partial charge is 0.403 e. The molecule has 8 nitrogen and oxygen atoms in total. The number of nitrogens with zero attached hydrogens (tertiary/aromatic N) is 3. The van der Waals surface area contributed by atoms with Gasteiger partial charge in [-0.15, -0.1) is 5.10 Å². The van der Waals surface area contributed by atoms with E-state index < -0.39 is 10.0 Å². The molecule has 0 atom stereocenters. The zero-order valence-electron chi connectivity index (χ0n) is 13.8. The number of sulfonamides is 1. The van der Waals surface area contributed by atoms with Gasteiger partial charge in [-0.1, -0.05) is 28.3 Å². The predicted molar refractivity (Wildman–Crippen MR) is 97.5 cm³/mol. The number of carbonyl (C=O) groups is 1. The molecular weight excluding hydrogens is 403 g/mol. The van der Waals surface area contributed by atoms with Gasteiger partial charge in [0.1, 0.15) is 0 Å². The monoisotopic (exact) mass is 418 g/mol. The molecule has 0 saturated carbocycles. The van der Waals surface area contributed by atoms with Crippen LogP contribution in [0.2, 0.25) is 10.0 Å². The van der Waals surface area contributed by atoms with E-state index in [1.54, 1.807) is 18.2 Å². The molecule has 2 aromatic rings. The first-order valence-corrected chi connectivity index (χ1v) is 10.4. The summed E-state index contributed by atoms with van der Waals surface area (Å²) >= 11 is 11.9. The van der Waals surface area contributed by atoms with Gasteiger partial charge in [-0.3, -0.25) is 10.1 Å². The van der Waals surface area contributed by atoms with Gasteiger partial charge in [0.25, 0.3) is 0 Å². The molecule has 1 aromatic carbocycles. The summed E-state index contributed by atoms with van der Waals surface area (Å²) < 4.78 is 29.8. The highest BCUT2D eigenvalue weighted by molar-refractivity contribution is 7.88. The molecular formula is C15H16Cl2N4O4S. The molecule has 0 bridgehead atoms. The van der Waals surface area contributed by atoms with Crippen LogP contribution >= 0.6 is 23.2 Å². The van der Waals surface area contributed by atoms with Gasteiger partial charge in [0.2, 0.25) is 21.8 Å². The topological polar surface area (TPSA) is 105 Å². The molecule has 0 radical (unpaired) electrons. The van der Waals surface area contributed by atoms with E-state index in [0.717, 1.165) is 6.26 Å². The van der Waals surface area contributed by atoms with Crippen LogP contribution in [0.15, 0.2) is 22.6 Å². The van der Waals surface area contributed by atoms with Crippen LogP contribution in [0.25, 0.3) is 11.5 Å². The van der Waals surface area contributed by atoms with Gasteiger partial charge in [0.05, 0.1) is 6.26 Å². The number of anilines is 1. The molecule has 1 aliphatic heterocycles. The maximum Gasteiger partial charge on any atom is 0.322 e. The number of hydrogen-bond donors (Lipinski definition) is 1. The van der Waals surface area contributed by atoms with Gasteiger partial charge >= 0.3 is 6.01 Å². The second-order valence-electron chi connectivity index (χ2n) is 6.00. The van der Waals surface area contributed by atoms with Crippen molar-refractivity contribution in [3.8, 4) is 11.5 Å². The van der Waals surface area contributed by atoms with E-state index >= 15 is 0 Å². The normalized spacial score (nSPS) is 16.6. The number of piperidine rings is 1. The highest BCUT2D eigenvalue weighted by Gasteiger charge is 2.29. The van der Waals surface area contributed by atoms with Gasteiger partial charge < -0.3 is 4.42 Å².